The molecule has 1 aliphatic heterocycles. The predicted octanol–water partition coefficient (Wildman–Crippen LogP) is 5.89. The van der Waals surface area contributed by atoms with E-state index in [0.717, 1.165) is 24.0 Å². The summed E-state index contributed by atoms with van der Waals surface area (Å²) in [5, 5.41) is 4.87. The van der Waals surface area contributed by atoms with Crippen molar-refractivity contribution >= 4 is 17.7 Å². The van der Waals surface area contributed by atoms with Gasteiger partial charge in [0.25, 0.3) is 0 Å². The summed E-state index contributed by atoms with van der Waals surface area (Å²) in [5.74, 6) is 0.196. The lowest BCUT2D eigenvalue weighted by atomic mass is 10.1. The van der Waals surface area contributed by atoms with E-state index in [2.05, 4.69) is 10.1 Å². The van der Waals surface area contributed by atoms with Gasteiger partial charge in [0, 0.05) is 42.2 Å². The van der Waals surface area contributed by atoms with Crippen molar-refractivity contribution in [3.8, 4) is 16.9 Å². The molecule has 0 spiro atoms. The minimum absolute atomic E-state index is 0.208. The number of aromatic nitrogens is 3. The summed E-state index contributed by atoms with van der Waals surface area (Å²) in [4.78, 5) is 18.3. The molecule has 0 aliphatic carbocycles. The normalized spacial score (nSPS) is 14.8. The maximum absolute atomic E-state index is 13.2. The fourth-order valence-corrected chi connectivity index (χ4v) is 4.00. The number of ether oxygens (including phenoxy) is 2. The molecule has 3 aromatic rings. The minimum atomic E-state index is -0.498. The van der Waals surface area contributed by atoms with Crippen molar-refractivity contribution in [3.63, 3.8) is 0 Å². The standard InChI is InChI=1S/C25H28ClFN4O3/c1-25(2,3)34-24(32)30-8-6-21(7-9-30)31-15-19(13-29-31)18-10-22(14-28-12-18)33-16-17-4-5-20(27)11-23(17)26/h4-5,10-15,21H,6-9,16H2,1-3H3. The third-order valence-electron chi connectivity index (χ3n) is 5.55. The van der Waals surface area contributed by atoms with E-state index in [1.165, 1.54) is 12.1 Å². The van der Waals surface area contributed by atoms with Gasteiger partial charge in [0.1, 0.15) is 23.8 Å². The largest absolute Gasteiger partial charge is 0.487 e. The number of carbonyl (C=O) groups excluding carboxylic acids is 1. The molecule has 1 saturated heterocycles. The number of halogens is 2. The number of hydrogen-bond donors (Lipinski definition) is 0. The van der Waals surface area contributed by atoms with Gasteiger partial charge in [0.05, 0.1) is 23.5 Å². The molecular weight excluding hydrogens is 459 g/mol. The third-order valence-corrected chi connectivity index (χ3v) is 5.90. The highest BCUT2D eigenvalue weighted by Crippen LogP contribution is 2.28. The Morgan fingerprint density at radius 2 is 1.91 bits per heavy atom. The summed E-state index contributed by atoms with van der Waals surface area (Å²) in [6.07, 6.45) is 8.52. The molecule has 4 rings (SSSR count). The van der Waals surface area contributed by atoms with Crippen LogP contribution in [0.3, 0.4) is 0 Å². The monoisotopic (exact) mass is 486 g/mol. The Labute approximate surface area is 203 Å². The molecule has 0 N–H and O–H groups in total. The number of amides is 1. The Hall–Kier alpha value is -3.13. The van der Waals surface area contributed by atoms with E-state index in [0.29, 0.717) is 29.4 Å². The number of benzene rings is 1. The van der Waals surface area contributed by atoms with Crippen LogP contribution in [0.2, 0.25) is 5.02 Å². The molecule has 2 aromatic heterocycles. The minimum Gasteiger partial charge on any atom is -0.487 e. The van der Waals surface area contributed by atoms with Crippen LogP contribution in [0.4, 0.5) is 9.18 Å². The molecule has 1 aliphatic rings. The number of piperidine rings is 1. The summed E-state index contributed by atoms with van der Waals surface area (Å²) in [7, 11) is 0. The van der Waals surface area contributed by atoms with Gasteiger partial charge >= 0.3 is 6.09 Å². The zero-order valence-corrected chi connectivity index (χ0v) is 20.3. The van der Waals surface area contributed by atoms with Crippen LogP contribution >= 0.6 is 11.6 Å². The summed E-state index contributed by atoms with van der Waals surface area (Å²) in [6.45, 7) is 7.08. The van der Waals surface area contributed by atoms with E-state index in [1.54, 1.807) is 29.6 Å². The first kappa shape index (κ1) is 24.0. The van der Waals surface area contributed by atoms with E-state index in [-0.39, 0.29) is 24.6 Å². The average molecular weight is 487 g/mol. The molecule has 0 saturated carbocycles. The lowest BCUT2D eigenvalue weighted by molar-refractivity contribution is 0.0185. The Morgan fingerprint density at radius 3 is 2.62 bits per heavy atom. The number of carbonyl (C=O) groups is 1. The van der Waals surface area contributed by atoms with Crippen molar-refractivity contribution < 1.29 is 18.7 Å². The highest BCUT2D eigenvalue weighted by molar-refractivity contribution is 6.31. The molecular formula is C25H28ClFN4O3. The quantitative estimate of drug-likeness (QED) is 0.450. The number of pyridine rings is 1. The zero-order chi connectivity index (χ0) is 24.3. The molecule has 180 valence electrons. The third kappa shape index (κ3) is 6.05. The predicted molar refractivity (Wildman–Crippen MR) is 127 cm³/mol. The Bertz CT molecular complexity index is 1150. The Balaban J connectivity index is 1.36. The van der Waals surface area contributed by atoms with Crippen molar-refractivity contribution in [1.29, 1.82) is 0 Å². The maximum atomic E-state index is 13.2. The van der Waals surface area contributed by atoms with Gasteiger partial charge in [0.15, 0.2) is 0 Å². The van der Waals surface area contributed by atoms with Gasteiger partial charge in [-0.15, -0.1) is 0 Å². The molecule has 0 atom stereocenters. The first-order valence-electron chi connectivity index (χ1n) is 11.2. The van der Waals surface area contributed by atoms with Crippen LogP contribution < -0.4 is 4.74 Å². The van der Waals surface area contributed by atoms with Crippen LogP contribution in [0.15, 0.2) is 49.1 Å². The van der Waals surface area contributed by atoms with Crippen LogP contribution in [0.1, 0.15) is 45.2 Å². The maximum Gasteiger partial charge on any atom is 0.410 e. The summed E-state index contributed by atoms with van der Waals surface area (Å²) >= 11 is 6.08. The summed E-state index contributed by atoms with van der Waals surface area (Å²) in [6, 6.07) is 6.32. The molecule has 0 radical (unpaired) electrons. The van der Waals surface area contributed by atoms with Gasteiger partial charge in [-0.05, 0) is 51.8 Å². The number of likely N-dealkylation sites (tertiary alicyclic amines) is 1. The first-order valence-corrected chi connectivity index (χ1v) is 11.6. The molecule has 1 amide bonds. The van der Waals surface area contributed by atoms with Crippen LogP contribution in [0, 0.1) is 5.82 Å². The lowest BCUT2D eigenvalue weighted by Gasteiger charge is -2.33. The first-order chi connectivity index (χ1) is 16.2. The van der Waals surface area contributed by atoms with Crippen molar-refractivity contribution in [2.45, 2.75) is 51.9 Å². The van der Waals surface area contributed by atoms with Crippen LogP contribution in [-0.4, -0.2) is 44.4 Å². The highest BCUT2D eigenvalue weighted by Gasteiger charge is 2.28. The molecule has 0 unspecified atom stereocenters. The van der Waals surface area contributed by atoms with E-state index >= 15 is 0 Å². The fraction of sp³-hybridized carbons (Fsp3) is 0.400. The van der Waals surface area contributed by atoms with Gasteiger partial charge in [0.2, 0.25) is 0 Å². The second kappa shape index (κ2) is 10.0. The van der Waals surface area contributed by atoms with E-state index < -0.39 is 5.60 Å². The van der Waals surface area contributed by atoms with Gasteiger partial charge < -0.3 is 14.4 Å². The molecule has 0 bridgehead atoms. The number of rotatable bonds is 5. The number of nitrogens with zero attached hydrogens (tertiary/aromatic N) is 4. The van der Waals surface area contributed by atoms with Crippen molar-refractivity contribution in [3.05, 3.63) is 65.5 Å². The van der Waals surface area contributed by atoms with Gasteiger partial charge in [-0.25, -0.2) is 9.18 Å². The highest BCUT2D eigenvalue weighted by atomic mass is 35.5. The smallest absolute Gasteiger partial charge is 0.410 e. The van der Waals surface area contributed by atoms with Crippen molar-refractivity contribution in [2.24, 2.45) is 0 Å². The summed E-state index contributed by atoms with van der Waals surface area (Å²) < 4.78 is 26.5. The number of hydrogen-bond acceptors (Lipinski definition) is 5. The molecule has 1 fully saturated rings. The molecule has 3 heterocycles. The molecule has 34 heavy (non-hydrogen) atoms. The zero-order valence-electron chi connectivity index (χ0n) is 19.5. The molecule has 1 aromatic carbocycles. The second-order valence-corrected chi connectivity index (χ2v) is 9.75. The van der Waals surface area contributed by atoms with Crippen LogP contribution in [0.25, 0.3) is 11.1 Å². The van der Waals surface area contributed by atoms with Crippen LogP contribution in [0.5, 0.6) is 5.75 Å². The van der Waals surface area contributed by atoms with E-state index in [1.807, 2.05) is 37.7 Å². The average Bonchev–Trinajstić information content (AvgIpc) is 3.28. The Kier molecular flexibility index (Phi) is 7.07. The summed E-state index contributed by atoms with van der Waals surface area (Å²) in [5.41, 5.74) is 1.99. The van der Waals surface area contributed by atoms with Gasteiger partial charge in [-0.2, -0.15) is 5.10 Å². The topological polar surface area (TPSA) is 69.5 Å². The molecule has 7 nitrogen and oxygen atoms in total. The fourth-order valence-electron chi connectivity index (χ4n) is 3.78. The van der Waals surface area contributed by atoms with Crippen molar-refractivity contribution in [1.82, 2.24) is 19.7 Å². The SMILES string of the molecule is CC(C)(C)OC(=O)N1CCC(n2cc(-c3cncc(OCc4ccc(F)cc4Cl)c3)cn2)CC1. The Morgan fingerprint density at radius 1 is 1.15 bits per heavy atom. The van der Waals surface area contributed by atoms with Gasteiger partial charge in [-0.3, -0.25) is 9.67 Å². The van der Waals surface area contributed by atoms with E-state index in [9.17, 15) is 9.18 Å². The lowest BCUT2D eigenvalue weighted by Crippen LogP contribution is -2.42. The van der Waals surface area contributed by atoms with E-state index in [4.69, 9.17) is 21.1 Å². The van der Waals surface area contributed by atoms with Crippen LogP contribution in [-0.2, 0) is 11.3 Å². The second-order valence-electron chi connectivity index (χ2n) is 9.34. The van der Waals surface area contributed by atoms with Gasteiger partial charge in [-0.1, -0.05) is 17.7 Å². The molecule has 9 heteroatoms. The van der Waals surface area contributed by atoms with Crippen molar-refractivity contribution in [2.75, 3.05) is 13.1 Å².